The van der Waals surface area contributed by atoms with Crippen molar-refractivity contribution in [3.63, 3.8) is 0 Å². The van der Waals surface area contributed by atoms with Crippen molar-refractivity contribution in [3.8, 4) is 0 Å². The molecular weight excluding hydrogens is 266 g/mol. The van der Waals surface area contributed by atoms with Crippen molar-refractivity contribution in [1.29, 1.82) is 0 Å². The Kier molecular flexibility index (Phi) is 4.32. The second-order valence-corrected chi connectivity index (χ2v) is 7.55. The molecule has 0 spiro atoms. The summed E-state index contributed by atoms with van der Waals surface area (Å²) < 4.78 is 0. The molecule has 1 fully saturated rings. The Morgan fingerprint density at radius 1 is 1.30 bits per heavy atom. The average molecular weight is 293 g/mol. The fourth-order valence-electron chi connectivity index (χ4n) is 3.53. The highest BCUT2D eigenvalue weighted by atomic mass is 32.1. The number of aryl methyl sites for hydroxylation is 1. The minimum absolute atomic E-state index is 0.492. The first-order valence-corrected chi connectivity index (χ1v) is 9.00. The van der Waals surface area contributed by atoms with Crippen LogP contribution in [0.2, 0.25) is 0 Å². The lowest BCUT2D eigenvalue weighted by Crippen LogP contribution is -2.41. The van der Waals surface area contributed by atoms with E-state index < -0.39 is 0 Å². The van der Waals surface area contributed by atoms with Crippen molar-refractivity contribution >= 4 is 16.5 Å². The summed E-state index contributed by atoms with van der Waals surface area (Å²) >= 11 is 1.95. The Labute approximate surface area is 126 Å². The van der Waals surface area contributed by atoms with Crippen molar-refractivity contribution in [2.24, 2.45) is 5.92 Å². The van der Waals surface area contributed by atoms with Crippen molar-refractivity contribution in [1.82, 2.24) is 10.3 Å². The van der Waals surface area contributed by atoms with Gasteiger partial charge in [-0.15, -0.1) is 11.3 Å². The van der Waals surface area contributed by atoms with E-state index in [-0.39, 0.29) is 0 Å². The van der Waals surface area contributed by atoms with Gasteiger partial charge in [-0.1, -0.05) is 13.8 Å². The maximum absolute atomic E-state index is 5.04. The maximum Gasteiger partial charge on any atom is 0.186 e. The lowest BCUT2D eigenvalue weighted by Gasteiger charge is -2.36. The predicted octanol–water partition coefficient (Wildman–Crippen LogP) is 3.75. The molecule has 112 valence electrons. The van der Waals surface area contributed by atoms with Gasteiger partial charge in [-0.3, -0.25) is 0 Å². The first-order valence-electron chi connectivity index (χ1n) is 8.18. The van der Waals surface area contributed by atoms with Gasteiger partial charge in [0, 0.05) is 17.5 Å². The van der Waals surface area contributed by atoms with Gasteiger partial charge < -0.3 is 10.2 Å². The van der Waals surface area contributed by atoms with Crippen LogP contribution in [0.3, 0.4) is 0 Å². The number of anilines is 1. The zero-order valence-corrected chi connectivity index (χ0v) is 13.8. The van der Waals surface area contributed by atoms with E-state index in [0.717, 1.165) is 12.5 Å². The number of piperidine rings is 1. The SMILES string of the molecule is CCNC1CCCc2sc(N3CC(C)CCC3C)nc21. The molecule has 1 aromatic rings. The zero-order chi connectivity index (χ0) is 14.1. The Morgan fingerprint density at radius 3 is 2.95 bits per heavy atom. The first kappa shape index (κ1) is 14.3. The van der Waals surface area contributed by atoms with Crippen LogP contribution in [0.25, 0.3) is 0 Å². The lowest BCUT2D eigenvalue weighted by molar-refractivity contribution is 0.389. The van der Waals surface area contributed by atoms with Crippen LogP contribution in [-0.4, -0.2) is 24.1 Å². The first-order chi connectivity index (χ1) is 9.69. The Balaban J connectivity index is 1.84. The number of hydrogen-bond donors (Lipinski definition) is 1. The summed E-state index contributed by atoms with van der Waals surface area (Å²) in [6, 6.07) is 1.14. The van der Waals surface area contributed by atoms with Gasteiger partial charge in [-0.2, -0.15) is 0 Å². The van der Waals surface area contributed by atoms with Crippen LogP contribution < -0.4 is 10.2 Å². The van der Waals surface area contributed by atoms with E-state index in [1.54, 1.807) is 0 Å². The average Bonchev–Trinajstić information content (AvgIpc) is 2.87. The van der Waals surface area contributed by atoms with Gasteiger partial charge in [0.15, 0.2) is 5.13 Å². The quantitative estimate of drug-likeness (QED) is 0.920. The summed E-state index contributed by atoms with van der Waals surface area (Å²) in [6.07, 6.45) is 6.45. The van der Waals surface area contributed by atoms with Gasteiger partial charge in [0.2, 0.25) is 0 Å². The van der Waals surface area contributed by atoms with E-state index in [1.807, 2.05) is 11.3 Å². The van der Waals surface area contributed by atoms with Gasteiger partial charge in [-0.05, 0) is 51.5 Å². The largest absolute Gasteiger partial charge is 0.345 e. The summed E-state index contributed by atoms with van der Waals surface area (Å²) in [5, 5.41) is 4.88. The highest BCUT2D eigenvalue weighted by Crippen LogP contribution is 2.38. The molecule has 0 amide bonds. The molecule has 1 aliphatic heterocycles. The van der Waals surface area contributed by atoms with Crippen LogP contribution in [0, 0.1) is 5.92 Å². The third-order valence-electron chi connectivity index (χ3n) is 4.76. The lowest BCUT2D eigenvalue weighted by atomic mass is 9.95. The zero-order valence-electron chi connectivity index (χ0n) is 13.0. The van der Waals surface area contributed by atoms with Crippen LogP contribution in [-0.2, 0) is 6.42 Å². The van der Waals surface area contributed by atoms with Crippen LogP contribution in [0.5, 0.6) is 0 Å². The number of nitrogens with zero attached hydrogens (tertiary/aromatic N) is 2. The normalized spacial score (nSPS) is 30.4. The number of aromatic nitrogens is 1. The molecule has 0 radical (unpaired) electrons. The number of fused-ring (bicyclic) bond motifs is 1. The summed E-state index contributed by atoms with van der Waals surface area (Å²) in [5.74, 6) is 0.802. The Morgan fingerprint density at radius 2 is 2.15 bits per heavy atom. The molecular formula is C16H27N3S. The minimum Gasteiger partial charge on any atom is -0.345 e. The van der Waals surface area contributed by atoms with Crippen LogP contribution in [0.1, 0.15) is 63.1 Å². The standard InChI is InChI=1S/C16H27N3S/c1-4-17-13-6-5-7-14-15(13)18-16(20-14)19-10-11(2)8-9-12(19)3/h11-13,17H,4-10H2,1-3H3. The molecule has 1 aromatic heterocycles. The smallest absolute Gasteiger partial charge is 0.186 e. The van der Waals surface area contributed by atoms with Crippen molar-refractivity contribution < 1.29 is 0 Å². The monoisotopic (exact) mass is 293 g/mol. The van der Waals surface area contributed by atoms with Crippen LogP contribution in [0.15, 0.2) is 0 Å². The number of thiazole rings is 1. The Bertz CT molecular complexity index is 457. The van der Waals surface area contributed by atoms with E-state index in [9.17, 15) is 0 Å². The molecule has 3 unspecified atom stereocenters. The topological polar surface area (TPSA) is 28.2 Å². The third kappa shape index (κ3) is 2.73. The van der Waals surface area contributed by atoms with Crippen LogP contribution >= 0.6 is 11.3 Å². The molecule has 2 heterocycles. The van der Waals surface area contributed by atoms with Gasteiger partial charge in [-0.25, -0.2) is 4.98 Å². The fraction of sp³-hybridized carbons (Fsp3) is 0.812. The van der Waals surface area contributed by atoms with Crippen molar-refractivity contribution in [3.05, 3.63) is 10.6 Å². The molecule has 1 N–H and O–H groups in total. The highest BCUT2D eigenvalue weighted by molar-refractivity contribution is 7.15. The number of rotatable bonds is 3. The second kappa shape index (κ2) is 6.02. The van der Waals surface area contributed by atoms with Crippen LogP contribution in [0.4, 0.5) is 5.13 Å². The van der Waals surface area contributed by atoms with Gasteiger partial charge in [0.25, 0.3) is 0 Å². The van der Waals surface area contributed by atoms with E-state index in [2.05, 4.69) is 31.0 Å². The van der Waals surface area contributed by atoms with E-state index in [1.165, 1.54) is 54.4 Å². The molecule has 4 heteroatoms. The van der Waals surface area contributed by atoms with E-state index in [0.29, 0.717) is 12.1 Å². The summed E-state index contributed by atoms with van der Waals surface area (Å²) in [4.78, 5) is 9.13. The Hall–Kier alpha value is -0.610. The molecule has 3 rings (SSSR count). The van der Waals surface area contributed by atoms with E-state index >= 15 is 0 Å². The van der Waals surface area contributed by atoms with Crippen molar-refractivity contribution in [2.45, 2.75) is 65.0 Å². The predicted molar refractivity (Wildman–Crippen MR) is 86.7 cm³/mol. The molecule has 1 aliphatic carbocycles. The third-order valence-corrected chi connectivity index (χ3v) is 5.92. The molecule has 3 atom stereocenters. The minimum atomic E-state index is 0.492. The molecule has 0 saturated carbocycles. The maximum atomic E-state index is 5.04. The highest BCUT2D eigenvalue weighted by Gasteiger charge is 2.29. The fourth-order valence-corrected chi connectivity index (χ4v) is 4.80. The van der Waals surface area contributed by atoms with Crippen molar-refractivity contribution in [2.75, 3.05) is 18.0 Å². The molecule has 2 aliphatic rings. The number of hydrogen-bond acceptors (Lipinski definition) is 4. The summed E-state index contributed by atoms with van der Waals surface area (Å²) in [7, 11) is 0. The number of nitrogens with one attached hydrogen (secondary N) is 1. The molecule has 20 heavy (non-hydrogen) atoms. The summed E-state index contributed by atoms with van der Waals surface area (Å²) in [6.45, 7) is 9.13. The van der Waals surface area contributed by atoms with Gasteiger partial charge in [0.1, 0.15) is 0 Å². The van der Waals surface area contributed by atoms with Gasteiger partial charge in [0.05, 0.1) is 11.7 Å². The molecule has 3 nitrogen and oxygen atoms in total. The van der Waals surface area contributed by atoms with E-state index in [4.69, 9.17) is 4.98 Å². The second-order valence-electron chi connectivity index (χ2n) is 6.49. The molecule has 0 bridgehead atoms. The molecule has 0 aromatic carbocycles. The van der Waals surface area contributed by atoms with Gasteiger partial charge >= 0.3 is 0 Å². The molecule has 1 saturated heterocycles. The summed E-state index contributed by atoms with van der Waals surface area (Å²) in [5.41, 5.74) is 1.35.